The molecule has 0 amide bonds. The van der Waals surface area contributed by atoms with Crippen molar-refractivity contribution in [2.45, 2.75) is 59.0 Å². The van der Waals surface area contributed by atoms with E-state index in [1.807, 2.05) is 6.20 Å². The van der Waals surface area contributed by atoms with Crippen LogP contribution in [0, 0.1) is 6.92 Å². The fourth-order valence-electron chi connectivity index (χ4n) is 1.85. The second-order valence-corrected chi connectivity index (χ2v) is 4.18. The third-order valence-corrected chi connectivity index (χ3v) is 2.79. The number of H-pyrrole nitrogens is 1. The molecule has 0 fully saturated rings. The van der Waals surface area contributed by atoms with Gasteiger partial charge in [-0.15, -0.1) is 0 Å². The molecule has 0 radical (unpaired) electrons. The van der Waals surface area contributed by atoms with Gasteiger partial charge in [-0.05, 0) is 19.8 Å². The highest BCUT2D eigenvalue weighted by Gasteiger charge is 2.07. The Morgan fingerprint density at radius 3 is 2.47 bits per heavy atom. The zero-order chi connectivity index (χ0) is 11.1. The van der Waals surface area contributed by atoms with Crippen molar-refractivity contribution in [3.05, 3.63) is 17.5 Å². The van der Waals surface area contributed by atoms with Gasteiger partial charge in [0.15, 0.2) is 0 Å². The van der Waals surface area contributed by atoms with E-state index in [0.717, 1.165) is 6.54 Å². The van der Waals surface area contributed by atoms with E-state index in [1.54, 1.807) is 0 Å². The lowest BCUT2D eigenvalue weighted by Crippen LogP contribution is -2.28. The quantitative estimate of drug-likeness (QED) is 0.725. The minimum Gasteiger partial charge on any atom is -0.310 e. The molecule has 86 valence electrons. The predicted octanol–water partition coefficient (Wildman–Crippen LogP) is 2.78. The Hall–Kier alpha value is -0.830. The molecule has 1 rings (SSSR count). The minimum atomic E-state index is 0.661. The van der Waals surface area contributed by atoms with Crippen molar-refractivity contribution in [1.82, 2.24) is 15.5 Å². The Balaban J connectivity index is 2.36. The maximum Gasteiger partial charge on any atom is 0.0535 e. The molecule has 0 atom stereocenters. The number of aromatic nitrogens is 2. The van der Waals surface area contributed by atoms with Gasteiger partial charge in [0, 0.05) is 23.8 Å². The van der Waals surface area contributed by atoms with Crippen LogP contribution in [-0.4, -0.2) is 16.2 Å². The van der Waals surface area contributed by atoms with E-state index in [1.165, 1.54) is 36.9 Å². The number of rotatable bonds is 7. The van der Waals surface area contributed by atoms with E-state index < -0.39 is 0 Å². The fourth-order valence-corrected chi connectivity index (χ4v) is 1.85. The molecule has 1 aromatic heterocycles. The number of hydrogen-bond acceptors (Lipinski definition) is 2. The summed E-state index contributed by atoms with van der Waals surface area (Å²) in [6.45, 7) is 7.49. The molecule has 0 aliphatic carbocycles. The summed E-state index contributed by atoms with van der Waals surface area (Å²) in [4.78, 5) is 0. The van der Waals surface area contributed by atoms with Crippen LogP contribution in [0.15, 0.2) is 6.20 Å². The van der Waals surface area contributed by atoms with Gasteiger partial charge in [-0.25, -0.2) is 0 Å². The van der Waals surface area contributed by atoms with E-state index in [-0.39, 0.29) is 0 Å². The van der Waals surface area contributed by atoms with Crippen LogP contribution >= 0.6 is 0 Å². The largest absolute Gasteiger partial charge is 0.310 e. The molecule has 0 saturated carbocycles. The van der Waals surface area contributed by atoms with E-state index >= 15 is 0 Å². The predicted molar refractivity (Wildman–Crippen MR) is 63.8 cm³/mol. The number of aryl methyl sites for hydroxylation is 1. The molecule has 2 N–H and O–H groups in total. The fraction of sp³-hybridized carbons (Fsp3) is 0.750. The van der Waals surface area contributed by atoms with Gasteiger partial charge < -0.3 is 5.32 Å². The molecule has 0 aliphatic heterocycles. The Morgan fingerprint density at radius 1 is 1.33 bits per heavy atom. The van der Waals surface area contributed by atoms with E-state index in [0.29, 0.717) is 6.04 Å². The monoisotopic (exact) mass is 209 g/mol. The molecule has 1 aromatic rings. The Bertz CT molecular complexity index is 262. The summed E-state index contributed by atoms with van der Waals surface area (Å²) in [7, 11) is 0. The number of nitrogens with one attached hydrogen (secondary N) is 2. The van der Waals surface area contributed by atoms with Crippen molar-refractivity contribution in [3.63, 3.8) is 0 Å². The molecule has 0 aliphatic rings. The maximum absolute atomic E-state index is 4.03. The first-order valence-electron chi connectivity index (χ1n) is 6.00. The first-order valence-corrected chi connectivity index (χ1v) is 6.00. The van der Waals surface area contributed by atoms with Crippen LogP contribution in [0.2, 0.25) is 0 Å². The van der Waals surface area contributed by atoms with Crippen LogP contribution in [0.25, 0.3) is 0 Å². The number of aromatic amines is 1. The van der Waals surface area contributed by atoms with Crippen LogP contribution in [0.4, 0.5) is 0 Å². The lowest BCUT2D eigenvalue weighted by Gasteiger charge is -2.16. The summed E-state index contributed by atoms with van der Waals surface area (Å²) in [5, 5.41) is 10.6. The first kappa shape index (κ1) is 12.2. The molecule has 0 unspecified atom stereocenters. The zero-order valence-electron chi connectivity index (χ0n) is 10.1. The molecule has 0 aromatic carbocycles. The van der Waals surface area contributed by atoms with Crippen LogP contribution in [0.5, 0.6) is 0 Å². The average Bonchev–Trinajstić information content (AvgIpc) is 2.61. The number of hydrogen-bond donors (Lipinski definition) is 2. The molecular weight excluding hydrogens is 186 g/mol. The Morgan fingerprint density at radius 2 is 2.00 bits per heavy atom. The summed E-state index contributed by atoms with van der Waals surface area (Å²) in [5.41, 5.74) is 2.46. The Labute approximate surface area is 92.7 Å². The summed E-state index contributed by atoms with van der Waals surface area (Å²) < 4.78 is 0. The average molecular weight is 209 g/mol. The summed E-state index contributed by atoms with van der Waals surface area (Å²) >= 11 is 0. The van der Waals surface area contributed by atoms with Crippen molar-refractivity contribution < 1.29 is 0 Å². The van der Waals surface area contributed by atoms with Gasteiger partial charge in [-0.3, -0.25) is 5.10 Å². The van der Waals surface area contributed by atoms with Gasteiger partial charge in [0.05, 0.1) is 6.20 Å². The highest BCUT2D eigenvalue weighted by Crippen LogP contribution is 2.07. The van der Waals surface area contributed by atoms with Gasteiger partial charge >= 0.3 is 0 Å². The van der Waals surface area contributed by atoms with Gasteiger partial charge in [-0.2, -0.15) is 5.10 Å². The van der Waals surface area contributed by atoms with Crippen molar-refractivity contribution >= 4 is 0 Å². The second kappa shape index (κ2) is 6.62. The molecule has 0 spiro atoms. The van der Waals surface area contributed by atoms with E-state index in [4.69, 9.17) is 0 Å². The highest BCUT2D eigenvalue weighted by atomic mass is 15.1. The smallest absolute Gasteiger partial charge is 0.0535 e. The van der Waals surface area contributed by atoms with Crippen LogP contribution in [-0.2, 0) is 6.54 Å². The summed E-state index contributed by atoms with van der Waals surface area (Å²) in [6.07, 6.45) is 6.96. The molecule has 1 heterocycles. The molecular formula is C12H23N3. The summed E-state index contributed by atoms with van der Waals surface area (Å²) in [6, 6.07) is 0.661. The van der Waals surface area contributed by atoms with Crippen LogP contribution in [0.3, 0.4) is 0 Å². The third kappa shape index (κ3) is 4.04. The van der Waals surface area contributed by atoms with Gasteiger partial charge in [0.25, 0.3) is 0 Å². The van der Waals surface area contributed by atoms with E-state index in [9.17, 15) is 0 Å². The lowest BCUT2D eigenvalue weighted by atomic mass is 10.1. The Kier molecular flexibility index (Phi) is 5.40. The van der Waals surface area contributed by atoms with Crippen LogP contribution in [0.1, 0.15) is 50.8 Å². The second-order valence-electron chi connectivity index (χ2n) is 4.18. The van der Waals surface area contributed by atoms with Crippen molar-refractivity contribution in [2.75, 3.05) is 0 Å². The third-order valence-electron chi connectivity index (χ3n) is 2.79. The molecule has 15 heavy (non-hydrogen) atoms. The van der Waals surface area contributed by atoms with Gasteiger partial charge in [0.1, 0.15) is 0 Å². The van der Waals surface area contributed by atoms with Crippen LogP contribution < -0.4 is 5.32 Å². The summed E-state index contributed by atoms with van der Waals surface area (Å²) in [5.74, 6) is 0. The number of nitrogens with zero attached hydrogens (tertiary/aromatic N) is 1. The van der Waals surface area contributed by atoms with E-state index in [2.05, 4.69) is 36.3 Å². The molecule has 3 heteroatoms. The molecule has 3 nitrogen and oxygen atoms in total. The SMILES string of the molecule is CCCC(CCC)NCc1cn[nH]c1C. The van der Waals surface area contributed by atoms with Crippen molar-refractivity contribution in [2.24, 2.45) is 0 Å². The topological polar surface area (TPSA) is 40.7 Å². The maximum atomic E-state index is 4.03. The minimum absolute atomic E-state index is 0.661. The molecule has 0 saturated heterocycles. The first-order chi connectivity index (χ1) is 7.27. The van der Waals surface area contributed by atoms with Crippen molar-refractivity contribution in [3.8, 4) is 0 Å². The lowest BCUT2D eigenvalue weighted by molar-refractivity contribution is 0.443. The highest BCUT2D eigenvalue weighted by molar-refractivity contribution is 5.13. The normalized spacial score (nSPS) is 11.2. The van der Waals surface area contributed by atoms with Gasteiger partial charge in [0.2, 0.25) is 0 Å². The van der Waals surface area contributed by atoms with Gasteiger partial charge in [-0.1, -0.05) is 26.7 Å². The molecule has 0 bridgehead atoms. The zero-order valence-corrected chi connectivity index (χ0v) is 10.1. The van der Waals surface area contributed by atoms with Crippen molar-refractivity contribution in [1.29, 1.82) is 0 Å². The standard InChI is InChI=1S/C12H23N3/c1-4-6-12(7-5-2)13-8-11-9-14-15-10(11)3/h9,12-13H,4-8H2,1-3H3,(H,14,15).